The number of likely N-dealkylation sites (tertiary alicyclic amines) is 1. The summed E-state index contributed by atoms with van der Waals surface area (Å²) in [6.07, 6.45) is -2.51. The molecule has 2 saturated heterocycles. The maximum Gasteiger partial charge on any atom is 0.417 e. The first-order valence-electron chi connectivity index (χ1n) is 9.24. The van der Waals surface area contributed by atoms with Crippen LogP contribution >= 0.6 is 0 Å². The molecule has 1 aromatic heterocycles. The van der Waals surface area contributed by atoms with Gasteiger partial charge in [0.2, 0.25) is 5.91 Å². The van der Waals surface area contributed by atoms with Crippen molar-refractivity contribution in [3.05, 3.63) is 23.9 Å². The second kappa shape index (κ2) is 6.93. The SMILES string of the molecule is CC(C)(C)OC(=O)N1CCC2(CC1)CCN(c1ccc(C(F)(F)F)cn1)C2=O. The highest BCUT2D eigenvalue weighted by atomic mass is 19.4. The van der Waals surface area contributed by atoms with Crippen molar-refractivity contribution in [2.24, 2.45) is 5.41 Å². The number of carbonyl (C=O) groups excluding carboxylic acids is 2. The molecule has 28 heavy (non-hydrogen) atoms. The standard InChI is InChI=1S/C19H24F3N3O3/c1-17(2,3)28-16(27)24-9-6-18(7-10-24)8-11-25(15(18)26)14-5-4-13(12-23-14)19(20,21)22/h4-5,12H,6-11H2,1-3H3. The number of piperidine rings is 1. The molecule has 0 bridgehead atoms. The minimum absolute atomic E-state index is 0.136. The minimum Gasteiger partial charge on any atom is -0.444 e. The van der Waals surface area contributed by atoms with Crippen LogP contribution in [0.5, 0.6) is 0 Å². The fraction of sp³-hybridized carbons (Fsp3) is 0.632. The molecule has 0 N–H and O–H groups in total. The third-order valence-corrected chi connectivity index (χ3v) is 5.24. The summed E-state index contributed by atoms with van der Waals surface area (Å²) in [4.78, 5) is 32.1. The summed E-state index contributed by atoms with van der Waals surface area (Å²) in [5, 5.41) is 0. The Morgan fingerprint density at radius 2 is 1.71 bits per heavy atom. The zero-order chi connectivity index (χ0) is 20.7. The predicted molar refractivity (Wildman–Crippen MR) is 95.7 cm³/mol. The van der Waals surface area contributed by atoms with Crippen molar-refractivity contribution in [3.63, 3.8) is 0 Å². The average Bonchev–Trinajstić information content (AvgIpc) is 2.90. The van der Waals surface area contributed by atoms with Gasteiger partial charge in [-0.2, -0.15) is 13.2 Å². The maximum absolute atomic E-state index is 13.0. The van der Waals surface area contributed by atoms with Gasteiger partial charge in [-0.1, -0.05) is 0 Å². The molecule has 0 radical (unpaired) electrons. The van der Waals surface area contributed by atoms with Crippen LogP contribution in [-0.4, -0.2) is 47.1 Å². The number of pyridine rings is 1. The second-order valence-corrected chi connectivity index (χ2v) is 8.36. The summed E-state index contributed by atoms with van der Waals surface area (Å²) in [6.45, 7) is 6.62. The van der Waals surface area contributed by atoms with Crippen LogP contribution in [-0.2, 0) is 15.7 Å². The van der Waals surface area contributed by atoms with Crippen molar-refractivity contribution in [2.75, 3.05) is 24.5 Å². The molecule has 0 saturated carbocycles. The smallest absolute Gasteiger partial charge is 0.417 e. The monoisotopic (exact) mass is 399 g/mol. The van der Waals surface area contributed by atoms with Gasteiger partial charge in [0.05, 0.1) is 11.0 Å². The predicted octanol–water partition coefficient (Wildman–Crippen LogP) is 3.85. The van der Waals surface area contributed by atoms with Crippen LogP contribution in [0, 0.1) is 5.41 Å². The number of halogens is 3. The third kappa shape index (κ3) is 4.07. The van der Waals surface area contributed by atoms with E-state index in [0.29, 0.717) is 38.9 Å². The quantitative estimate of drug-likeness (QED) is 0.720. The Labute approximate surface area is 161 Å². The van der Waals surface area contributed by atoms with Gasteiger partial charge >= 0.3 is 12.3 Å². The van der Waals surface area contributed by atoms with Gasteiger partial charge in [-0.25, -0.2) is 9.78 Å². The summed E-state index contributed by atoms with van der Waals surface area (Å²) in [5.41, 5.74) is -2.02. The number of hydrogen-bond acceptors (Lipinski definition) is 4. The molecule has 0 atom stereocenters. The number of rotatable bonds is 1. The molecule has 9 heteroatoms. The number of anilines is 1. The van der Waals surface area contributed by atoms with Gasteiger partial charge < -0.3 is 9.64 Å². The molecule has 0 aromatic carbocycles. The van der Waals surface area contributed by atoms with E-state index in [-0.39, 0.29) is 11.7 Å². The Balaban J connectivity index is 1.65. The lowest BCUT2D eigenvalue weighted by molar-refractivity contribution is -0.137. The lowest BCUT2D eigenvalue weighted by Crippen LogP contribution is -2.48. The molecule has 2 fully saturated rings. The Morgan fingerprint density at radius 3 is 2.21 bits per heavy atom. The summed E-state index contributed by atoms with van der Waals surface area (Å²) in [6, 6.07) is 2.17. The fourth-order valence-electron chi connectivity index (χ4n) is 3.66. The summed E-state index contributed by atoms with van der Waals surface area (Å²) in [5.74, 6) is 0.0908. The van der Waals surface area contributed by atoms with Crippen molar-refractivity contribution < 1.29 is 27.5 Å². The molecule has 3 rings (SSSR count). The number of nitrogens with zero attached hydrogens (tertiary/aromatic N) is 3. The van der Waals surface area contributed by atoms with Crippen LogP contribution in [0.2, 0.25) is 0 Å². The molecular weight excluding hydrogens is 375 g/mol. The van der Waals surface area contributed by atoms with Gasteiger partial charge in [0, 0.05) is 25.8 Å². The zero-order valence-electron chi connectivity index (χ0n) is 16.2. The largest absolute Gasteiger partial charge is 0.444 e. The Hall–Kier alpha value is -2.32. The first-order chi connectivity index (χ1) is 12.9. The van der Waals surface area contributed by atoms with E-state index in [0.717, 1.165) is 12.3 Å². The maximum atomic E-state index is 13.0. The van der Waals surface area contributed by atoms with Crippen LogP contribution < -0.4 is 4.90 Å². The van der Waals surface area contributed by atoms with Gasteiger partial charge in [-0.15, -0.1) is 0 Å². The first kappa shape index (κ1) is 20.4. The average molecular weight is 399 g/mol. The fourth-order valence-corrected chi connectivity index (χ4v) is 3.66. The zero-order valence-corrected chi connectivity index (χ0v) is 16.2. The lowest BCUT2D eigenvalue weighted by Gasteiger charge is -2.38. The van der Waals surface area contributed by atoms with Crippen LogP contribution in [0.3, 0.4) is 0 Å². The molecule has 6 nitrogen and oxygen atoms in total. The molecule has 2 amide bonds. The van der Waals surface area contributed by atoms with Gasteiger partial charge in [0.25, 0.3) is 0 Å². The number of hydrogen-bond donors (Lipinski definition) is 0. The molecule has 0 aliphatic carbocycles. The van der Waals surface area contributed by atoms with E-state index in [1.807, 2.05) is 0 Å². The lowest BCUT2D eigenvalue weighted by atomic mass is 9.77. The van der Waals surface area contributed by atoms with Crippen LogP contribution in [0.1, 0.15) is 45.6 Å². The number of aromatic nitrogens is 1. The highest BCUT2D eigenvalue weighted by molar-refractivity contribution is 5.99. The van der Waals surface area contributed by atoms with E-state index in [1.165, 1.54) is 11.0 Å². The number of ether oxygens (including phenoxy) is 1. The van der Waals surface area contributed by atoms with Crippen molar-refractivity contribution in [2.45, 2.75) is 51.8 Å². The highest BCUT2D eigenvalue weighted by Gasteiger charge is 2.49. The molecule has 2 aliphatic rings. The number of carbonyl (C=O) groups is 2. The molecule has 0 unspecified atom stereocenters. The van der Waals surface area contributed by atoms with Gasteiger partial charge in [0.1, 0.15) is 11.4 Å². The Morgan fingerprint density at radius 1 is 1.11 bits per heavy atom. The van der Waals surface area contributed by atoms with E-state index < -0.39 is 28.8 Å². The van der Waals surface area contributed by atoms with Crippen molar-refractivity contribution in [1.29, 1.82) is 0 Å². The van der Waals surface area contributed by atoms with Crippen LogP contribution in [0.25, 0.3) is 0 Å². The van der Waals surface area contributed by atoms with Gasteiger partial charge in [0.15, 0.2) is 0 Å². The van der Waals surface area contributed by atoms with Crippen LogP contribution in [0.4, 0.5) is 23.8 Å². The highest BCUT2D eigenvalue weighted by Crippen LogP contribution is 2.43. The molecule has 154 valence electrons. The Kier molecular flexibility index (Phi) is 5.05. The van der Waals surface area contributed by atoms with E-state index in [1.54, 1.807) is 25.7 Å². The van der Waals surface area contributed by atoms with Crippen molar-refractivity contribution in [1.82, 2.24) is 9.88 Å². The summed E-state index contributed by atoms with van der Waals surface area (Å²) in [7, 11) is 0. The second-order valence-electron chi connectivity index (χ2n) is 8.36. The topological polar surface area (TPSA) is 62.7 Å². The molecular formula is C19H24F3N3O3. The normalized spacial score (nSPS) is 20.0. The Bertz CT molecular complexity index is 748. The van der Waals surface area contributed by atoms with Crippen LogP contribution in [0.15, 0.2) is 18.3 Å². The number of alkyl halides is 3. The summed E-state index contributed by atoms with van der Waals surface area (Å²) >= 11 is 0. The first-order valence-corrected chi connectivity index (χ1v) is 9.24. The van der Waals surface area contributed by atoms with Gasteiger partial charge in [-0.3, -0.25) is 9.69 Å². The molecule has 2 aliphatic heterocycles. The van der Waals surface area contributed by atoms with E-state index in [2.05, 4.69) is 4.98 Å². The minimum atomic E-state index is -4.46. The van der Waals surface area contributed by atoms with E-state index in [9.17, 15) is 22.8 Å². The third-order valence-electron chi connectivity index (χ3n) is 5.24. The van der Waals surface area contributed by atoms with E-state index >= 15 is 0 Å². The van der Waals surface area contributed by atoms with Gasteiger partial charge in [-0.05, 0) is 52.2 Å². The summed E-state index contributed by atoms with van der Waals surface area (Å²) < 4.78 is 43.5. The molecule has 3 heterocycles. The van der Waals surface area contributed by atoms with E-state index in [4.69, 9.17) is 4.74 Å². The number of amides is 2. The van der Waals surface area contributed by atoms with Crippen molar-refractivity contribution >= 4 is 17.8 Å². The molecule has 1 spiro atoms. The van der Waals surface area contributed by atoms with Crippen molar-refractivity contribution in [3.8, 4) is 0 Å². The molecule has 1 aromatic rings.